The molecule has 0 saturated heterocycles. The Kier molecular flexibility index (Phi) is 5.79. The minimum absolute atomic E-state index is 0.0788. The number of nitrogens with zero attached hydrogens (tertiary/aromatic N) is 1. The number of hydrogen-bond donors (Lipinski definition) is 1. The van der Waals surface area contributed by atoms with E-state index in [1.54, 1.807) is 26.0 Å². The van der Waals surface area contributed by atoms with Gasteiger partial charge in [0.2, 0.25) is 5.91 Å². The Morgan fingerprint density at radius 2 is 1.95 bits per heavy atom. The number of amides is 1. The van der Waals surface area contributed by atoms with Gasteiger partial charge in [-0.1, -0.05) is 19.8 Å². The van der Waals surface area contributed by atoms with Gasteiger partial charge in [0.1, 0.15) is 0 Å². The highest BCUT2D eigenvalue weighted by molar-refractivity contribution is 5.83. The van der Waals surface area contributed by atoms with E-state index in [1.165, 1.54) is 0 Å². The van der Waals surface area contributed by atoms with Crippen LogP contribution in [0.4, 0.5) is 0 Å². The summed E-state index contributed by atoms with van der Waals surface area (Å²) in [5.41, 5.74) is -0.330. The Morgan fingerprint density at radius 3 is 2.42 bits per heavy atom. The van der Waals surface area contributed by atoms with Crippen molar-refractivity contribution in [1.82, 2.24) is 4.90 Å². The normalized spacial score (nSPS) is 19.1. The summed E-state index contributed by atoms with van der Waals surface area (Å²) < 4.78 is 5.11. The average Bonchev–Trinajstić information content (AvgIpc) is 2.85. The molecule has 0 aromatic heterocycles. The molecule has 1 aliphatic carbocycles. The van der Waals surface area contributed by atoms with E-state index in [9.17, 15) is 9.59 Å². The molecule has 1 amide bonds. The highest BCUT2D eigenvalue weighted by Gasteiger charge is 2.42. The standard InChI is InChI=1S/C14H25NO4/c1-11(12(16)17)10-15(2)13(18)14(8-9-19-3)6-4-5-7-14/h11H,4-10H2,1-3H3,(H,16,17). The fourth-order valence-corrected chi connectivity index (χ4v) is 2.90. The number of methoxy groups -OCH3 is 1. The second-order valence-electron chi connectivity index (χ2n) is 5.66. The molecule has 1 saturated carbocycles. The third kappa shape index (κ3) is 3.93. The van der Waals surface area contributed by atoms with Gasteiger partial charge in [0, 0.05) is 27.3 Å². The van der Waals surface area contributed by atoms with E-state index in [2.05, 4.69) is 0 Å². The first-order chi connectivity index (χ1) is 8.93. The van der Waals surface area contributed by atoms with Crippen molar-refractivity contribution in [2.24, 2.45) is 11.3 Å². The van der Waals surface area contributed by atoms with Crippen molar-refractivity contribution in [1.29, 1.82) is 0 Å². The lowest BCUT2D eigenvalue weighted by Gasteiger charge is -2.33. The van der Waals surface area contributed by atoms with Gasteiger partial charge in [0.05, 0.1) is 11.3 Å². The first kappa shape index (κ1) is 16.0. The first-order valence-electron chi connectivity index (χ1n) is 6.90. The van der Waals surface area contributed by atoms with Crippen molar-refractivity contribution in [3.8, 4) is 0 Å². The fourth-order valence-electron chi connectivity index (χ4n) is 2.90. The van der Waals surface area contributed by atoms with E-state index < -0.39 is 11.9 Å². The van der Waals surface area contributed by atoms with Gasteiger partial charge in [-0.2, -0.15) is 0 Å². The summed E-state index contributed by atoms with van der Waals surface area (Å²) in [7, 11) is 3.35. The van der Waals surface area contributed by atoms with E-state index in [1.807, 2.05) is 0 Å². The zero-order chi connectivity index (χ0) is 14.5. The predicted octanol–water partition coefficient (Wildman–Crippen LogP) is 1.76. The lowest BCUT2D eigenvalue weighted by molar-refractivity contribution is -0.146. The largest absolute Gasteiger partial charge is 0.481 e. The molecule has 0 spiro atoms. The number of carbonyl (C=O) groups is 2. The predicted molar refractivity (Wildman–Crippen MR) is 71.8 cm³/mol. The molecule has 5 heteroatoms. The quantitative estimate of drug-likeness (QED) is 0.766. The van der Waals surface area contributed by atoms with Crippen LogP contribution in [0.15, 0.2) is 0 Å². The van der Waals surface area contributed by atoms with Crippen molar-refractivity contribution in [3.05, 3.63) is 0 Å². The van der Waals surface area contributed by atoms with E-state index in [0.29, 0.717) is 6.61 Å². The van der Waals surface area contributed by atoms with Crippen LogP contribution in [0.25, 0.3) is 0 Å². The number of ether oxygens (including phenoxy) is 1. The molecule has 1 N–H and O–H groups in total. The molecular formula is C14H25NO4. The second-order valence-corrected chi connectivity index (χ2v) is 5.66. The van der Waals surface area contributed by atoms with Gasteiger partial charge in [-0.15, -0.1) is 0 Å². The van der Waals surface area contributed by atoms with Crippen molar-refractivity contribution in [2.45, 2.75) is 39.0 Å². The SMILES string of the molecule is COCCC1(C(=O)N(C)CC(C)C(=O)O)CCCC1. The third-order valence-corrected chi connectivity index (χ3v) is 4.12. The number of hydrogen-bond acceptors (Lipinski definition) is 3. The van der Waals surface area contributed by atoms with Gasteiger partial charge < -0.3 is 14.7 Å². The van der Waals surface area contributed by atoms with Crippen LogP contribution in [0.1, 0.15) is 39.0 Å². The van der Waals surface area contributed by atoms with Crippen LogP contribution >= 0.6 is 0 Å². The second kappa shape index (κ2) is 6.89. The van der Waals surface area contributed by atoms with Crippen LogP contribution in [0.3, 0.4) is 0 Å². The molecule has 0 aromatic carbocycles. The number of carboxylic acids is 1. The first-order valence-corrected chi connectivity index (χ1v) is 6.90. The van der Waals surface area contributed by atoms with Crippen LogP contribution < -0.4 is 0 Å². The maximum atomic E-state index is 12.6. The zero-order valence-corrected chi connectivity index (χ0v) is 12.1. The number of carbonyl (C=O) groups excluding carboxylic acids is 1. The molecular weight excluding hydrogens is 246 g/mol. The Morgan fingerprint density at radius 1 is 1.37 bits per heavy atom. The third-order valence-electron chi connectivity index (χ3n) is 4.12. The summed E-state index contributed by atoms with van der Waals surface area (Å²) in [5, 5.41) is 8.93. The molecule has 0 heterocycles. The van der Waals surface area contributed by atoms with Gasteiger partial charge in [-0.3, -0.25) is 9.59 Å². The highest BCUT2D eigenvalue weighted by atomic mass is 16.5. The van der Waals surface area contributed by atoms with E-state index in [0.717, 1.165) is 32.1 Å². The summed E-state index contributed by atoms with van der Waals surface area (Å²) in [6.45, 7) is 2.47. The number of rotatable bonds is 7. The lowest BCUT2D eigenvalue weighted by Crippen LogP contribution is -2.43. The average molecular weight is 271 g/mol. The van der Waals surface area contributed by atoms with Gasteiger partial charge in [-0.05, 0) is 19.3 Å². The summed E-state index contributed by atoms with van der Waals surface area (Å²) in [5.74, 6) is -1.32. The van der Waals surface area contributed by atoms with Crippen LogP contribution in [-0.2, 0) is 14.3 Å². The topological polar surface area (TPSA) is 66.8 Å². The zero-order valence-electron chi connectivity index (χ0n) is 12.1. The molecule has 110 valence electrons. The molecule has 5 nitrogen and oxygen atoms in total. The van der Waals surface area contributed by atoms with E-state index >= 15 is 0 Å². The minimum atomic E-state index is -0.864. The van der Waals surface area contributed by atoms with Crippen LogP contribution in [0.5, 0.6) is 0 Å². The molecule has 0 radical (unpaired) electrons. The Labute approximate surface area is 114 Å². The smallest absolute Gasteiger partial charge is 0.308 e. The summed E-state index contributed by atoms with van der Waals surface area (Å²) >= 11 is 0. The molecule has 1 unspecified atom stereocenters. The lowest BCUT2D eigenvalue weighted by atomic mass is 9.81. The van der Waals surface area contributed by atoms with Crippen molar-refractivity contribution in [3.63, 3.8) is 0 Å². The van der Waals surface area contributed by atoms with E-state index in [-0.39, 0.29) is 17.9 Å². The molecule has 1 rings (SSSR count). The molecule has 1 fully saturated rings. The minimum Gasteiger partial charge on any atom is -0.481 e. The maximum absolute atomic E-state index is 12.6. The van der Waals surface area contributed by atoms with Crippen LogP contribution in [0.2, 0.25) is 0 Å². The van der Waals surface area contributed by atoms with Gasteiger partial charge in [0.15, 0.2) is 0 Å². The molecule has 1 atom stereocenters. The maximum Gasteiger partial charge on any atom is 0.308 e. The molecule has 0 aliphatic heterocycles. The summed E-state index contributed by atoms with van der Waals surface area (Å²) in [4.78, 5) is 25.1. The molecule has 0 bridgehead atoms. The monoisotopic (exact) mass is 271 g/mol. The van der Waals surface area contributed by atoms with Crippen molar-refractivity contribution < 1.29 is 19.4 Å². The molecule has 19 heavy (non-hydrogen) atoms. The Bertz CT molecular complexity index is 323. The van der Waals surface area contributed by atoms with Crippen LogP contribution in [-0.4, -0.2) is 49.2 Å². The Balaban J connectivity index is 2.68. The molecule has 0 aromatic rings. The van der Waals surface area contributed by atoms with Crippen molar-refractivity contribution in [2.75, 3.05) is 27.3 Å². The van der Waals surface area contributed by atoms with Gasteiger partial charge >= 0.3 is 5.97 Å². The van der Waals surface area contributed by atoms with E-state index in [4.69, 9.17) is 9.84 Å². The van der Waals surface area contributed by atoms with Gasteiger partial charge in [0.25, 0.3) is 0 Å². The summed E-state index contributed by atoms with van der Waals surface area (Å²) in [6, 6.07) is 0. The number of aliphatic carboxylic acids is 1. The highest BCUT2D eigenvalue weighted by Crippen LogP contribution is 2.42. The Hall–Kier alpha value is -1.10. The fraction of sp³-hybridized carbons (Fsp3) is 0.857. The van der Waals surface area contributed by atoms with Gasteiger partial charge in [-0.25, -0.2) is 0 Å². The number of carboxylic acid groups (broad SMARTS) is 1. The van der Waals surface area contributed by atoms with Crippen molar-refractivity contribution >= 4 is 11.9 Å². The van der Waals surface area contributed by atoms with Crippen LogP contribution in [0, 0.1) is 11.3 Å². The summed E-state index contributed by atoms with van der Waals surface area (Å²) in [6.07, 6.45) is 4.64. The molecule has 1 aliphatic rings.